The van der Waals surface area contributed by atoms with Gasteiger partial charge in [-0.05, 0) is 24.6 Å². The maximum absolute atomic E-state index is 5.66. The third-order valence-corrected chi connectivity index (χ3v) is 3.56. The summed E-state index contributed by atoms with van der Waals surface area (Å²) < 4.78 is 21.5. The second-order valence-corrected chi connectivity index (χ2v) is 5.13. The summed E-state index contributed by atoms with van der Waals surface area (Å²) in [6.45, 7) is 2.44. The Bertz CT molecular complexity index is 844. The van der Waals surface area contributed by atoms with Gasteiger partial charge >= 0.3 is 0 Å². The monoisotopic (exact) mass is 310 g/mol. The first kappa shape index (κ1) is 13.6. The number of hydrogen-bond donors (Lipinski definition) is 0. The number of fused-ring (bicyclic) bond motifs is 1. The highest BCUT2D eigenvalue weighted by molar-refractivity contribution is 5.58. The topological polar surface area (TPSA) is 66.6 Å². The molecule has 2 heterocycles. The van der Waals surface area contributed by atoms with E-state index in [1.54, 1.807) is 6.07 Å². The number of aromatic nitrogens is 2. The van der Waals surface area contributed by atoms with Crippen molar-refractivity contribution in [2.45, 2.75) is 13.5 Å². The van der Waals surface area contributed by atoms with Gasteiger partial charge in [-0.15, -0.1) is 0 Å². The smallest absolute Gasteiger partial charge is 0.264 e. The molecule has 0 bridgehead atoms. The fourth-order valence-electron chi connectivity index (χ4n) is 2.36. The molecular formula is C17H14N2O4. The zero-order valence-corrected chi connectivity index (χ0v) is 12.5. The average Bonchev–Trinajstić information content (AvgIpc) is 3.22. The lowest BCUT2D eigenvalue weighted by Crippen LogP contribution is -1.96. The van der Waals surface area contributed by atoms with Gasteiger partial charge in [0.1, 0.15) is 5.75 Å². The lowest BCUT2D eigenvalue weighted by atomic mass is 10.1. The van der Waals surface area contributed by atoms with Gasteiger partial charge in [-0.3, -0.25) is 0 Å². The number of ether oxygens (including phenoxy) is 3. The van der Waals surface area contributed by atoms with E-state index in [4.69, 9.17) is 18.7 Å². The van der Waals surface area contributed by atoms with Crippen LogP contribution in [-0.2, 0) is 6.61 Å². The van der Waals surface area contributed by atoms with Gasteiger partial charge in [0.15, 0.2) is 18.1 Å². The van der Waals surface area contributed by atoms with E-state index in [1.165, 1.54) is 0 Å². The highest BCUT2D eigenvalue weighted by Gasteiger charge is 2.15. The molecule has 0 radical (unpaired) electrons. The third kappa shape index (κ3) is 2.70. The predicted octanol–water partition coefficient (Wildman–Crippen LogP) is 3.35. The van der Waals surface area contributed by atoms with Crippen LogP contribution < -0.4 is 14.2 Å². The van der Waals surface area contributed by atoms with Crippen LogP contribution in [0.5, 0.6) is 17.2 Å². The Balaban J connectivity index is 1.47. The minimum Gasteiger partial charge on any atom is -0.484 e. The summed E-state index contributed by atoms with van der Waals surface area (Å²) in [5.74, 6) is 3.03. The molecular weight excluding hydrogens is 296 g/mol. The van der Waals surface area contributed by atoms with E-state index in [0.717, 1.165) is 16.9 Å². The van der Waals surface area contributed by atoms with Crippen molar-refractivity contribution in [3.63, 3.8) is 0 Å². The summed E-state index contributed by atoms with van der Waals surface area (Å²) >= 11 is 0. The van der Waals surface area contributed by atoms with Crippen LogP contribution in [0, 0.1) is 6.92 Å². The molecule has 0 N–H and O–H groups in total. The standard InChI is InChI=1S/C17H14N2O4/c1-11-4-2-3-5-13(11)17-18-16(23-19-17)9-20-12-6-7-14-15(8-12)22-10-21-14/h2-8H,9-10H2,1H3. The Labute approximate surface area is 132 Å². The molecule has 2 aromatic carbocycles. The van der Waals surface area contributed by atoms with Gasteiger partial charge in [-0.2, -0.15) is 4.98 Å². The summed E-state index contributed by atoms with van der Waals surface area (Å²) in [7, 11) is 0. The molecule has 4 rings (SSSR count). The Hall–Kier alpha value is -3.02. The van der Waals surface area contributed by atoms with E-state index < -0.39 is 0 Å². The van der Waals surface area contributed by atoms with Crippen LogP contribution in [0.15, 0.2) is 47.0 Å². The molecule has 6 nitrogen and oxygen atoms in total. The third-order valence-electron chi connectivity index (χ3n) is 3.56. The first-order chi connectivity index (χ1) is 11.3. The highest BCUT2D eigenvalue weighted by Crippen LogP contribution is 2.35. The van der Waals surface area contributed by atoms with Crippen LogP contribution in [0.3, 0.4) is 0 Å². The molecule has 0 aliphatic carbocycles. The molecule has 0 saturated carbocycles. The molecule has 23 heavy (non-hydrogen) atoms. The van der Waals surface area contributed by atoms with E-state index >= 15 is 0 Å². The van der Waals surface area contributed by atoms with Crippen molar-refractivity contribution in [1.82, 2.24) is 10.1 Å². The normalized spacial score (nSPS) is 12.4. The zero-order chi connectivity index (χ0) is 15.6. The van der Waals surface area contributed by atoms with Gasteiger partial charge in [-0.1, -0.05) is 29.4 Å². The molecule has 0 atom stereocenters. The molecule has 0 spiro atoms. The van der Waals surface area contributed by atoms with Crippen LogP contribution in [0.25, 0.3) is 11.4 Å². The maximum Gasteiger partial charge on any atom is 0.264 e. The minimum absolute atomic E-state index is 0.193. The van der Waals surface area contributed by atoms with Crippen molar-refractivity contribution in [1.29, 1.82) is 0 Å². The molecule has 0 saturated heterocycles. The zero-order valence-electron chi connectivity index (χ0n) is 12.5. The summed E-state index contributed by atoms with van der Waals surface area (Å²) in [5.41, 5.74) is 2.04. The van der Waals surface area contributed by atoms with Gasteiger partial charge < -0.3 is 18.7 Å². The number of aryl methyl sites for hydroxylation is 1. The summed E-state index contributed by atoms with van der Waals surface area (Å²) in [6, 6.07) is 13.3. The van der Waals surface area contributed by atoms with E-state index in [9.17, 15) is 0 Å². The summed E-state index contributed by atoms with van der Waals surface area (Å²) in [6.07, 6.45) is 0. The van der Waals surface area contributed by atoms with E-state index in [2.05, 4.69) is 10.1 Å². The van der Waals surface area contributed by atoms with Crippen molar-refractivity contribution in [3.8, 4) is 28.6 Å². The largest absolute Gasteiger partial charge is 0.484 e. The average molecular weight is 310 g/mol. The minimum atomic E-state index is 0.193. The Morgan fingerprint density at radius 1 is 1.09 bits per heavy atom. The molecule has 3 aromatic rings. The van der Waals surface area contributed by atoms with Gasteiger partial charge in [0.25, 0.3) is 5.89 Å². The second kappa shape index (κ2) is 5.64. The molecule has 1 aromatic heterocycles. The fourth-order valence-corrected chi connectivity index (χ4v) is 2.36. The Morgan fingerprint density at radius 3 is 2.87 bits per heavy atom. The lowest BCUT2D eigenvalue weighted by molar-refractivity contribution is 0.173. The molecule has 0 unspecified atom stereocenters. The molecule has 1 aliphatic heterocycles. The predicted molar refractivity (Wildman–Crippen MR) is 81.4 cm³/mol. The quantitative estimate of drug-likeness (QED) is 0.736. The number of hydrogen-bond acceptors (Lipinski definition) is 6. The van der Waals surface area contributed by atoms with E-state index in [1.807, 2.05) is 43.3 Å². The van der Waals surface area contributed by atoms with Crippen LogP contribution in [0.1, 0.15) is 11.5 Å². The van der Waals surface area contributed by atoms with Crippen LogP contribution >= 0.6 is 0 Å². The molecule has 6 heteroatoms. The molecule has 0 fully saturated rings. The first-order valence-corrected chi connectivity index (χ1v) is 7.20. The van der Waals surface area contributed by atoms with Crippen molar-refractivity contribution in [2.75, 3.05) is 6.79 Å². The van der Waals surface area contributed by atoms with Crippen LogP contribution in [-0.4, -0.2) is 16.9 Å². The molecule has 116 valence electrons. The second-order valence-electron chi connectivity index (χ2n) is 5.13. The van der Waals surface area contributed by atoms with Crippen molar-refractivity contribution in [3.05, 3.63) is 53.9 Å². The van der Waals surface area contributed by atoms with Crippen molar-refractivity contribution >= 4 is 0 Å². The van der Waals surface area contributed by atoms with Crippen LogP contribution in [0.2, 0.25) is 0 Å². The van der Waals surface area contributed by atoms with Gasteiger partial charge in [0, 0.05) is 11.6 Å². The SMILES string of the molecule is Cc1ccccc1-c1noc(COc2ccc3c(c2)OCO3)n1. The Kier molecular flexibility index (Phi) is 3.34. The first-order valence-electron chi connectivity index (χ1n) is 7.20. The maximum atomic E-state index is 5.66. The van der Waals surface area contributed by atoms with Crippen molar-refractivity contribution in [2.24, 2.45) is 0 Å². The highest BCUT2D eigenvalue weighted by atomic mass is 16.7. The fraction of sp³-hybridized carbons (Fsp3) is 0.176. The number of rotatable bonds is 4. The lowest BCUT2D eigenvalue weighted by Gasteiger charge is -2.03. The van der Waals surface area contributed by atoms with Crippen LogP contribution in [0.4, 0.5) is 0 Å². The van der Waals surface area contributed by atoms with Gasteiger partial charge in [-0.25, -0.2) is 0 Å². The molecule has 0 amide bonds. The summed E-state index contributed by atoms with van der Waals surface area (Å²) in [4.78, 5) is 4.37. The number of benzene rings is 2. The van der Waals surface area contributed by atoms with Crippen molar-refractivity contribution < 1.29 is 18.7 Å². The van der Waals surface area contributed by atoms with Gasteiger partial charge in [0.05, 0.1) is 0 Å². The van der Waals surface area contributed by atoms with Gasteiger partial charge in [0.2, 0.25) is 12.6 Å². The summed E-state index contributed by atoms with van der Waals surface area (Å²) in [5, 5.41) is 4.01. The van der Waals surface area contributed by atoms with E-state index in [-0.39, 0.29) is 13.4 Å². The Morgan fingerprint density at radius 2 is 1.96 bits per heavy atom. The number of nitrogens with zero attached hydrogens (tertiary/aromatic N) is 2. The van der Waals surface area contributed by atoms with E-state index in [0.29, 0.717) is 23.2 Å². The molecule has 1 aliphatic rings.